The number of Topliss-reactive ketones (excluding diaryl/α,β-unsaturated/α-hetero) is 1. The van der Waals surface area contributed by atoms with Gasteiger partial charge in [0.1, 0.15) is 12.2 Å². The number of hydrogen-bond acceptors (Lipinski definition) is 7. The number of ether oxygens (including phenoxy) is 2. The lowest BCUT2D eigenvalue weighted by Gasteiger charge is -2.71. The van der Waals surface area contributed by atoms with E-state index >= 15 is 0 Å². The number of allylic oxidation sites excluding steroid dienone is 1. The van der Waals surface area contributed by atoms with Crippen molar-refractivity contribution in [1.82, 2.24) is 5.32 Å². The van der Waals surface area contributed by atoms with Gasteiger partial charge in [0.2, 0.25) is 0 Å². The fourth-order valence-corrected chi connectivity index (χ4v) is 14.2. The Bertz CT molecular complexity index is 1750. The molecule has 6 aliphatic rings. The van der Waals surface area contributed by atoms with Gasteiger partial charge in [0, 0.05) is 37.3 Å². The third kappa shape index (κ3) is 5.52. The second kappa shape index (κ2) is 13.0. The van der Waals surface area contributed by atoms with E-state index in [0.29, 0.717) is 25.4 Å². The first-order valence-corrected chi connectivity index (χ1v) is 20.8. The molecule has 54 heavy (non-hydrogen) atoms. The van der Waals surface area contributed by atoms with Crippen molar-refractivity contribution in [2.24, 2.45) is 55.7 Å². The summed E-state index contributed by atoms with van der Waals surface area (Å²) in [5.74, 6) is -0.623. The highest BCUT2D eigenvalue weighted by molar-refractivity contribution is 6.01. The van der Waals surface area contributed by atoms with Crippen molar-refractivity contribution in [3.05, 3.63) is 47.0 Å². The van der Waals surface area contributed by atoms with Gasteiger partial charge < -0.3 is 19.9 Å². The van der Waals surface area contributed by atoms with Crippen LogP contribution in [0.2, 0.25) is 0 Å². The number of ketones is 1. The van der Waals surface area contributed by atoms with Gasteiger partial charge in [0.05, 0.1) is 11.8 Å². The Morgan fingerprint density at radius 1 is 0.907 bits per heavy atom. The van der Waals surface area contributed by atoms with E-state index in [4.69, 9.17) is 9.47 Å². The standard InChI is InChI=1S/C46H65NO7/c1-28(2)37-32(49)23-45(35(53-29(3)48)26-47-25-30-13-11-10-12-14-30)21-19-41(6)31(38(37)45)15-16-33-42(41,7)20-22-46-27-44(46,9)34(17-18-43(33,46)8)54-36(50)24-40(4,5)39(51)52/h10-14,28,31,33-35,47H,15-27H2,1-9H3,(H,51,52)/t31-,33+,34+,35?,41-,42-,43-,44?,45?,46+/m1/s1. The van der Waals surface area contributed by atoms with Crippen LogP contribution in [0.1, 0.15) is 139 Å². The minimum absolute atomic E-state index is 0.0284. The average molecular weight is 744 g/mol. The Morgan fingerprint density at radius 2 is 1.59 bits per heavy atom. The summed E-state index contributed by atoms with van der Waals surface area (Å²) in [5.41, 5.74) is 1.89. The number of carbonyl (C=O) groups is 4. The molecule has 1 aromatic carbocycles. The summed E-state index contributed by atoms with van der Waals surface area (Å²) in [6.45, 7) is 20.2. The quantitative estimate of drug-likeness (QED) is 0.216. The fraction of sp³-hybridized carbons (Fsp3) is 0.739. The van der Waals surface area contributed by atoms with Gasteiger partial charge in [-0.2, -0.15) is 0 Å². The van der Waals surface area contributed by atoms with E-state index in [1.54, 1.807) is 13.8 Å². The van der Waals surface area contributed by atoms with E-state index in [0.717, 1.165) is 63.4 Å². The number of esters is 2. The molecule has 1 aromatic rings. The molecule has 8 nitrogen and oxygen atoms in total. The Kier molecular flexibility index (Phi) is 9.47. The zero-order valence-corrected chi connectivity index (χ0v) is 34.4. The van der Waals surface area contributed by atoms with Crippen molar-refractivity contribution in [3.63, 3.8) is 0 Å². The van der Waals surface area contributed by atoms with Crippen LogP contribution in [-0.4, -0.2) is 47.6 Å². The number of hydrogen-bond donors (Lipinski definition) is 2. The van der Waals surface area contributed by atoms with Gasteiger partial charge in [-0.3, -0.25) is 19.2 Å². The maximum absolute atomic E-state index is 14.3. The third-order valence-electron chi connectivity index (χ3n) is 17.3. The molecule has 5 saturated carbocycles. The number of nitrogens with one attached hydrogen (secondary N) is 1. The van der Waals surface area contributed by atoms with Crippen LogP contribution in [0.25, 0.3) is 0 Å². The first-order valence-electron chi connectivity index (χ1n) is 20.8. The molecule has 296 valence electrons. The molecule has 0 aliphatic heterocycles. The van der Waals surface area contributed by atoms with Crippen LogP contribution in [0.3, 0.4) is 0 Å². The van der Waals surface area contributed by atoms with E-state index < -0.39 is 28.9 Å². The molecular formula is C46H65NO7. The summed E-state index contributed by atoms with van der Waals surface area (Å²) in [7, 11) is 0. The molecule has 0 bridgehead atoms. The van der Waals surface area contributed by atoms with Crippen molar-refractivity contribution < 1.29 is 33.8 Å². The third-order valence-corrected chi connectivity index (χ3v) is 17.3. The van der Waals surface area contributed by atoms with Gasteiger partial charge in [-0.1, -0.05) is 71.9 Å². The average Bonchev–Trinajstić information content (AvgIpc) is 3.62. The molecule has 0 heterocycles. The Hall–Kier alpha value is -3.00. The van der Waals surface area contributed by atoms with Crippen molar-refractivity contribution in [3.8, 4) is 0 Å². The van der Waals surface area contributed by atoms with E-state index in [1.165, 1.54) is 18.1 Å². The molecular weight excluding hydrogens is 679 g/mol. The normalized spacial score (nSPS) is 40.1. The number of carboxylic acid groups (broad SMARTS) is 1. The molecule has 7 rings (SSSR count). The summed E-state index contributed by atoms with van der Waals surface area (Å²) in [4.78, 5) is 52.0. The highest BCUT2D eigenvalue weighted by Gasteiger charge is 2.82. The van der Waals surface area contributed by atoms with Gasteiger partial charge in [-0.25, -0.2) is 0 Å². The van der Waals surface area contributed by atoms with Crippen molar-refractivity contribution in [1.29, 1.82) is 0 Å². The highest BCUT2D eigenvalue weighted by atomic mass is 16.5. The van der Waals surface area contributed by atoms with Crippen molar-refractivity contribution in [2.45, 2.75) is 152 Å². The first-order chi connectivity index (χ1) is 25.2. The summed E-state index contributed by atoms with van der Waals surface area (Å²) >= 11 is 0. The zero-order valence-electron chi connectivity index (χ0n) is 34.4. The SMILES string of the molecule is CC(=O)OC(CNCc1ccccc1)C12CC[C@]3(C)[C@H](CC[C@@H]4[C@@]5(C)CC[C@H](OC(=O)CC(C)(C)C(=O)O)C6(C)C[C@]65CC[C@]43C)C1=C(C(C)C)C(=O)C2. The Labute approximate surface area is 323 Å². The molecule has 2 N–H and O–H groups in total. The molecule has 0 radical (unpaired) electrons. The molecule has 6 aliphatic carbocycles. The van der Waals surface area contributed by atoms with E-state index in [9.17, 15) is 24.3 Å². The number of fused-ring (bicyclic) bond motifs is 6. The second-order valence-electron chi connectivity index (χ2n) is 20.4. The van der Waals surface area contributed by atoms with E-state index in [2.05, 4.69) is 59.0 Å². The Morgan fingerprint density at radius 3 is 2.24 bits per heavy atom. The molecule has 8 heteroatoms. The largest absolute Gasteiger partial charge is 0.481 e. The molecule has 0 aromatic heterocycles. The highest BCUT2D eigenvalue weighted by Crippen LogP contribution is 2.87. The van der Waals surface area contributed by atoms with Gasteiger partial charge in [-0.05, 0) is 128 Å². The first kappa shape index (κ1) is 39.2. The number of rotatable bonds is 11. The van der Waals surface area contributed by atoms with Gasteiger partial charge >= 0.3 is 17.9 Å². The maximum atomic E-state index is 14.3. The van der Waals surface area contributed by atoms with Crippen LogP contribution in [0, 0.1) is 55.7 Å². The van der Waals surface area contributed by atoms with Crippen LogP contribution in [0.4, 0.5) is 0 Å². The predicted molar refractivity (Wildman–Crippen MR) is 207 cm³/mol. The van der Waals surface area contributed by atoms with Crippen LogP contribution >= 0.6 is 0 Å². The molecule has 1 spiro atoms. The molecule has 5 fully saturated rings. The molecule has 0 amide bonds. The van der Waals surface area contributed by atoms with Crippen LogP contribution in [-0.2, 0) is 35.2 Å². The van der Waals surface area contributed by atoms with Crippen LogP contribution in [0.15, 0.2) is 41.5 Å². The smallest absolute Gasteiger partial charge is 0.309 e. The van der Waals surface area contributed by atoms with Crippen molar-refractivity contribution >= 4 is 23.7 Å². The summed E-state index contributed by atoms with van der Waals surface area (Å²) in [6.07, 6.45) is 8.63. The van der Waals surface area contributed by atoms with E-state index in [-0.39, 0.29) is 63.2 Å². The van der Waals surface area contributed by atoms with Gasteiger partial charge in [0.25, 0.3) is 0 Å². The Balaban J connectivity index is 1.18. The summed E-state index contributed by atoms with van der Waals surface area (Å²) in [6, 6.07) is 10.3. The molecule has 3 unspecified atom stereocenters. The number of benzene rings is 1. The zero-order chi connectivity index (χ0) is 39.3. The van der Waals surface area contributed by atoms with Crippen LogP contribution in [0.5, 0.6) is 0 Å². The summed E-state index contributed by atoms with van der Waals surface area (Å²) < 4.78 is 12.5. The van der Waals surface area contributed by atoms with Gasteiger partial charge in [-0.15, -0.1) is 0 Å². The fourth-order valence-electron chi connectivity index (χ4n) is 14.2. The lowest BCUT2D eigenvalue weighted by molar-refractivity contribution is -0.221. The minimum Gasteiger partial charge on any atom is -0.481 e. The topological polar surface area (TPSA) is 119 Å². The maximum Gasteiger partial charge on any atom is 0.309 e. The van der Waals surface area contributed by atoms with Gasteiger partial charge in [0.15, 0.2) is 5.78 Å². The lowest BCUT2D eigenvalue weighted by Crippen LogP contribution is -2.65. The number of carboxylic acids is 1. The number of carbonyl (C=O) groups excluding carboxylic acids is 3. The lowest BCUT2D eigenvalue weighted by atomic mass is 9.33. The summed E-state index contributed by atoms with van der Waals surface area (Å²) in [5, 5.41) is 13.3. The second-order valence-corrected chi connectivity index (χ2v) is 20.4. The molecule has 0 saturated heterocycles. The van der Waals surface area contributed by atoms with Crippen LogP contribution < -0.4 is 5.32 Å². The van der Waals surface area contributed by atoms with Crippen molar-refractivity contribution in [2.75, 3.05) is 6.54 Å². The minimum atomic E-state index is -1.16. The predicted octanol–water partition coefficient (Wildman–Crippen LogP) is 8.86. The number of aliphatic carboxylic acids is 1. The molecule has 10 atom stereocenters. The van der Waals surface area contributed by atoms with E-state index in [1.807, 2.05) is 18.2 Å². The monoisotopic (exact) mass is 743 g/mol.